The molecule has 0 bridgehead atoms. The Morgan fingerprint density at radius 1 is 1.04 bits per heavy atom. The maximum Gasteiger partial charge on any atom is 0.191 e. The molecule has 0 aromatic heterocycles. The Balaban J connectivity index is 2.04. The molecule has 1 aromatic rings. The molecule has 0 aliphatic heterocycles. The van der Waals surface area contributed by atoms with Crippen molar-refractivity contribution in [3.63, 3.8) is 0 Å². The number of benzene rings is 1. The minimum Gasteiger partial charge on any atom is -0.485 e. The van der Waals surface area contributed by atoms with Gasteiger partial charge in [-0.15, -0.1) is 0 Å². The van der Waals surface area contributed by atoms with Crippen LogP contribution < -0.4 is 4.74 Å². The topological polar surface area (TPSA) is 9.23 Å². The second kappa shape index (κ2) is 8.82. The van der Waals surface area contributed by atoms with Crippen molar-refractivity contribution in [2.24, 2.45) is 11.8 Å². The SMILES string of the molecule is CCCCC(C)Oc1c(F)cc(C2CCC(C(C)C)CC2)cc1F. The van der Waals surface area contributed by atoms with Gasteiger partial charge >= 0.3 is 0 Å². The Labute approximate surface area is 145 Å². The van der Waals surface area contributed by atoms with Crippen molar-refractivity contribution in [2.75, 3.05) is 0 Å². The summed E-state index contributed by atoms with van der Waals surface area (Å²) in [4.78, 5) is 0. The van der Waals surface area contributed by atoms with Crippen molar-refractivity contribution >= 4 is 0 Å². The van der Waals surface area contributed by atoms with Crippen LogP contribution in [0.2, 0.25) is 0 Å². The Hall–Kier alpha value is -1.12. The lowest BCUT2D eigenvalue weighted by Crippen LogP contribution is -2.18. The summed E-state index contributed by atoms with van der Waals surface area (Å²) in [7, 11) is 0. The predicted octanol–water partition coefficient (Wildman–Crippen LogP) is 6.85. The van der Waals surface area contributed by atoms with Gasteiger partial charge in [-0.3, -0.25) is 0 Å². The third-order valence-corrected chi connectivity index (χ3v) is 5.49. The molecule has 1 aliphatic rings. The van der Waals surface area contributed by atoms with E-state index in [4.69, 9.17) is 4.74 Å². The number of halogens is 2. The van der Waals surface area contributed by atoms with Crippen molar-refractivity contribution < 1.29 is 13.5 Å². The van der Waals surface area contributed by atoms with Crippen LogP contribution in [0.25, 0.3) is 0 Å². The molecular weight excluding hydrogens is 306 g/mol. The van der Waals surface area contributed by atoms with E-state index in [1.807, 2.05) is 6.92 Å². The fraction of sp³-hybridized carbons (Fsp3) is 0.714. The second-order valence-corrected chi connectivity index (χ2v) is 7.74. The third kappa shape index (κ3) is 4.94. The summed E-state index contributed by atoms with van der Waals surface area (Å²) in [6.45, 7) is 8.48. The summed E-state index contributed by atoms with van der Waals surface area (Å²) in [6, 6.07) is 2.98. The summed E-state index contributed by atoms with van der Waals surface area (Å²) >= 11 is 0. The van der Waals surface area contributed by atoms with Gasteiger partial charge in [-0.25, -0.2) is 8.78 Å². The molecule has 0 radical (unpaired) electrons. The molecule has 1 nitrogen and oxygen atoms in total. The highest BCUT2D eigenvalue weighted by Gasteiger charge is 2.26. The van der Waals surface area contributed by atoms with Crippen LogP contribution in [0.15, 0.2) is 12.1 Å². The molecule has 1 unspecified atom stereocenters. The molecule has 2 rings (SSSR count). The lowest BCUT2D eigenvalue weighted by Gasteiger charge is -2.31. The van der Waals surface area contributed by atoms with Crippen molar-refractivity contribution in [3.8, 4) is 5.75 Å². The maximum atomic E-state index is 14.4. The lowest BCUT2D eigenvalue weighted by molar-refractivity contribution is 0.188. The van der Waals surface area contributed by atoms with Gasteiger partial charge in [-0.1, -0.05) is 33.6 Å². The second-order valence-electron chi connectivity index (χ2n) is 7.74. The molecule has 0 spiro atoms. The zero-order valence-corrected chi connectivity index (χ0v) is 15.6. The number of hydrogen-bond donors (Lipinski definition) is 0. The highest BCUT2D eigenvalue weighted by atomic mass is 19.1. The van der Waals surface area contributed by atoms with Gasteiger partial charge < -0.3 is 4.74 Å². The Morgan fingerprint density at radius 3 is 2.12 bits per heavy atom. The Morgan fingerprint density at radius 2 is 1.62 bits per heavy atom. The summed E-state index contributed by atoms with van der Waals surface area (Å²) in [5.41, 5.74) is 0.792. The quantitative estimate of drug-likeness (QED) is 0.528. The van der Waals surface area contributed by atoms with E-state index in [0.29, 0.717) is 5.92 Å². The normalized spacial score (nSPS) is 22.6. The first-order valence-electron chi connectivity index (χ1n) is 9.57. The average Bonchev–Trinajstić information content (AvgIpc) is 2.56. The van der Waals surface area contributed by atoms with Crippen molar-refractivity contribution in [1.29, 1.82) is 0 Å². The smallest absolute Gasteiger partial charge is 0.191 e. The average molecular weight is 338 g/mol. The van der Waals surface area contributed by atoms with Crippen molar-refractivity contribution in [2.45, 2.75) is 84.7 Å². The van der Waals surface area contributed by atoms with Crippen LogP contribution in [0.3, 0.4) is 0 Å². The van der Waals surface area contributed by atoms with E-state index in [-0.39, 0.29) is 17.8 Å². The fourth-order valence-corrected chi connectivity index (χ4v) is 3.80. The molecule has 3 heteroatoms. The van der Waals surface area contributed by atoms with E-state index in [1.54, 1.807) is 0 Å². The van der Waals surface area contributed by atoms with Crippen LogP contribution in [0.5, 0.6) is 5.75 Å². The molecule has 0 saturated heterocycles. The zero-order valence-electron chi connectivity index (χ0n) is 15.6. The minimum atomic E-state index is -0.556. The van der Waals surface area contributed by atoms with Crippen molar-refractivity contribution in [3.05, 3.63) is 29.3 Å². The Kier molecular flexibility index (Phi) is 7.06. The van der Waals surface area contributed by atoms with Crippen LogP contribution >= 0.6 is 0 Å². The summed E-state index contributed by atoms with van der Waals surface area (Å²) in [5.74, 6) is 0.394. The first kappa shape index (κ1) is 19.2. The van der Waals surface area contributed by atoms with E-state index in [1.165, 1.54) is 12.1 Å². The number of ether oxygens (including phenoxy) is 1. The largest absolute Gasteiger partial charge is 0.485 e. The molecule has 136 valence electrons. The zero-order chi connectivity index (χ0) is 17.7. The van der Waals surface area contributed by atoms with Gasteiger partial charge in [0.25, 0.3) is 0 Å². The number of unbranched alkanes of at least 4 members (excludes halogenated alkanes) is 1. The molecule has 1 aromatic carbocycles. The predicted molar refractivity (Wildman–Crippen MR) is 95.5 cm³/mol. The van der Waals surface area contributed by atoms with Crippen LogP contribution in [0.4, 0.5) is 8.78 Å². The molecular formula is C21H32F2O. The van der Waals surface area contributed by atoms with Crippen molar-refractivity contribution in [1.82, 2.24) is 0 Å². The van der Waals surface area contributed by atoms with E-state index in [0.717, 1.165) is 56.4 Å². The number of rotatable bonds is 7. The van der Waals surface area contributed by atoms with E-state index in [2.05, 4.69) is 20.8 Å². The Bertz CT molecular complexity index is 496. The third-order valence-electron chi connectivity index (χ3n) is 5.49. The van der Waals surface area contributed by atoms with E-state index >= 15 is 0 Å². The van der Waals surface area contributed by atoms with Crippen LogP contribution in [-0.2, 0) is 0 Å². The molecule has 0 heterocycles. The van der Waals surface area contributed by atoms with Gasteiger partial charge in [0, 0.05) is 0 Å². The van der Waals surface area contributed by atoms with Crippen LogP contribution in [0, 0.1) is 23.5 Å². The molecule has 1 saturated carbocycles. The maximum absolute atomic E-state index is 14.4. The fourth-order valence-electron chi connectivity index (χ4n) is 3.80. The molecule has 24 heavy (non-hydrogen) atoms. The van der Waals surface area contributed by atoms with E-state index < -0.39 is 11.6 Å². The highest BCUT2D eigenvalue weighted by molar-refractivity contribution is 5.33. The van der Waals surface area contributed by atoms with Crippen LogP contribution in [0.1, 0.15) is 84.1 Å². The molecule has 1 aliphatic carbocycles. The summed E-state index contributed by atoms with van der Waals surface area (Å²) in [5, 5.41) is 0. The monoisotopic (exact) mass is 338 g/mol. The summed E-state index contributed by atoms with van der Waals surface area (Å²) in [6.07, 6.45) is 7.05. The highest BCUT2D eigenvalue weighted by Crippen LogP contribution is 2.40. The van der Waals surface area contributed by atoms with Gasteiger partial charge in [-0.05, 0) is 74.5 Å². The molecule has 1 fully saturated rings. The van der Waals surface area contributed by atoms with Gasteiger partial charge in [0.05, 0.1) is 6.10 Å². The first-order valence-corrected chi connectivity index (χ1v) is 9.57. The van der Waals surface area contributed by atoms with Gasteiger partial charge in [0.15, 0.2) is 17.4 Å². The van der Waals surface area contributed by atoms with Gasteiger partial charge in [-0.2, -0.15) is 0 Å². The summed E-state index contributed by atoms with van der Waals surface area (Å²) < 4.78 is 34.3. The first-order chi connectivity index (χ1) is 11.4. The lowest BCUT2D eigenvalue weighted by atomic mass is 9.75. The van der Waals surface area contributed by atoms with Gasteiger partial charge in [0.1, 0.15) is 0 Å². The standard InChI is InChI=1S/C21H32F2O/c1-5-6-7-15(4)24-21-19(22)12-18(13-20(21)23)17-10-8-16(9-11-17)14(2)3/h12-17H,5-11H2,1-4H3. The number of hydrogen-bond acceptors (Lipinski definition) is 1. The minimum absolute atomic E-state index is 0.165. The van der Waals surface area contributed by atoms with E-state index in [9.17, 15) is 8.78 Å². The van der Waals surface area contributed by atoms with Crippen LogP contribution in [-0.4, -0.2) is 6.10 Å². The van der Waals surface area contributed by atoms with Gasteiger partial charge in [0.2, 0.25) is 0 Å². The molecule has 1 atom stereocenters. The molecule has 0 N–H and O–H groups in total. The molecule has 0 amide bonds.